The van der Waals surface area contributed by atoms with E-state index in [0.717, 1.165) is 32.1 Å². The van der Waals surface area contributed by atoms with Crippen LogP contribution in [0.25, 0.3) is 0 Å². The van der Waals surface area contributed by atoms with Gasteiger partial charge in [-0.1, -0.05) is 26.2 Å². The Kier molecular flexibility index (Phi) is 5.98. The molecule has 0 unspecified atom stereocenters. The maximum Gasteiger partial charge on any atom is 0.326 e. The molecule has 0 aromatic carbocycles. The van der Waals surface area contributed by atoms with Gasteiger partial charge in [-0.05, 0) is 19.3 Å². The predicted octanol–water partition coefficient (Wildman–Crippen LogP) is 1.48. The molecule has 1 amide bonds. The van der Waals surface area contributed by atoms with Crippen LogP contribution in [0.15, 0.2) is 0 Å². The van der Waals surface area contributed by atoms with Crippen LogP contribution in [0.3, 0.4) is 0 Å². The molecule has 6 heteroatoms. The predicted molar refractivity (Wildman–Crippen MR) is 72.0 cm³/mol. The van der Waals surface area contributed by atoms with E-state index in [1.807, 2.05) is 6.92 Å². The number of hydrogen-bond acceptors (Lipinski definition) is 4. The van der Waals surface area contributed by atoms with Crippen molar-refractivity contribution in [1.82, 2.24) is 5.32 Å². The molecule has 0 spiro atoms. The SMILES string of the molecule is COC(=O)CC[C@H](NC(=O)C1(C)CCCCC1)C(=O)O. The Morgan fingerprint density at radius 2 is 1.85 bits per heavy atom. The third-order valence-corrected chi connectivity index (χ3v) is 3.97. The summed E-state index contributed by atoms with van der Waals surface area (Å²) in [5.74, 6) is -1.83. The van der Waals surface area contributed by atoms with E-state index in [9.17, 15) is 14.4 Å². The van der Waals surface area contributed by atoms with E-state index in [1.165, 1.54) is 7.11 Å². The van der Waals surface area contributed by atoms with Crippen molar-refractivity contribution in [3.63, 3.8) is 0 Å². The number of hydrogen-bond donors (Lipinski definition) is 2. The normalized spacial score (nSPS) is 18.9. The monoisotopic (exact) mass is 285 g/mol. The first-order valence-electron chi connectivity index (χ1n) is 6.99. The lowest BCUT2D eigenvalue weighted by Gasteiger charge is -2.33. The van der Waals surface area contributed by atoms with Gasteiger partial charge in [0, 0.05) is 11.8 Å². The number of methoxy groups -OCH3 is 1. The molecule has 0 aromatic rings. The molecule has 0 heterocycles. The van der Waals surface area contributed by atoms with Crippen molar-refractivity contribution in [3.05, 3.63) is 0 Å². The summed E-state index contributed by atoms with van der Waals surface area (Å²) < 4.78 is 4.48. The van der Waals surface area contributed by atoms with E-state index >= 15 is 0 Å². The molecule has 1 saturated carbocycles. The summed E-state index contributed by atoms with van der Waals surface area (Å²) in [5.41, 5.74) is -0.489. The van der Waals surface area contributed by atoms with E-state index in [4.69, 9.17) is 5.11 Å². The van der Waals surface area contributed by atoms with Crippen molar-refractivity contribution in [1.29, 1.82) is 0 Å². The fraction of sp³-hybridized carbons (Fsp3) is 0.786. The first-order valence-corrected chi connectivity index (χ1v) is 6.99. The van der Waals surface area contributed by atoms with E-state index < -0.39 is 23.4 Å². The summed E-state index contributed by atoms with van der Waals surface area (Å²) >= 11 is 0. The molecule has 0 bridgehead atoms. The Morgan fingerprint density at radius 1 is 1.25 bits per heavy atom. The van der Waals surface area contributed by atoms with Crippen LogP contribution in [-0.2, 0) is 19.1 Å². The number of carboxylic acids is 1. The molecule has 6 nitrogen and oxygen atoms in total. The number of nitrogens with one attached hydrogen (secondary N) is 1. The van der Waals surface area contributed by atoms with E-state index in [2.05, 4.69) is 10.1 Å². The molecule has 114 valence electrons. The Balaban J connectivity index is 2.58. The smallest absolute Gasteiger partial charge is 0.326 e. The minimum atomic E-state index is -1.12. The Bertz CT molecular complexity index is 374. The molecule has 1 fully saturated rings. The van der Waals surface area contributed by atoms with Crippen molar-refractivity contribution in [2.45, 2.75) is 57.9 Å². The Labute approximate surface area is 118 Å². The summed E-state index contributed by atoms with van der Waals surface area (Å²) in [6.45, 7) is 1.88. The zero-order valence-corrected chi connectivity index (χ0v) is 12.1. The maximum atomic E-state index is 12.3. The largest absolute Gasteiger partial charge is 0.480 e. The van der Waals surface area contributed by atoms with Crippen LogP contribution in [0.2, 0.25) is 0 Å². The number of carboxylic acid groups (broad SMARTS) is 1. The van der Waals surface area contributed by atoms with Crippen LogP contribution < -0.4 is 5.32 Å². The van der Waals surface area contributed by atoms with Crippen LogP contribution in [0.5, 0.6) is 0 Å². The molecule has 1 rings (SSSR count). The van der Waals surface area contributed by atoms with Gasteiger partial charge in [-0.25, -0.2) is 4.79 Å². The number of carbonyl (C=O) groups is 3. The fourth-order valence-electron chi connectivity index (χ4n) is 2.51. The average Bonchev–Trinajstić information content (AvgIpc) is 2.43. The van der Waals surface area contributed by atoms with Gasteiger partial charge in [-0.15, -0.1) is 0 Å². The molecule has 0 aliphatic heterocycles. The molecule has 1 aliphatic carbocycles. The molecule has 0 saturated heterocycles. The minimum absolute atomic E-state index is 0.0234. The molecule has 1 atom stereocenters. The highest BCUT2D eigenvalue weighted by Crippen LogP contribution is 2.35. The van der Waals surface area contributed by atoms with Crippen molar-refractivity contribution < 1.29 is 24.2 Å². The van der Waals surface area contributed by atoms with Crippen molar-refractivity contribution in [3.8, 4) is 0 Å². The molecule has 2 N–H and O–H groups in total. The van der Waals surface area contributed by atoms with Gasteiger partial charge in [0.25, 0.3) is 0 Å². The number of aliphatic carboxylic acids is 1. The molecule has 20 heavy (non-hydrogen) atoms. The number of amides is 1. The van der Waals surface area contributed by atoms with E-state index in [1.54, 1.807) is 0 Å². The molecule has 0 radical (unpaired) electrons. The van der Waals surface area contributed by atoms with Gasteiger partial charge < -0.3 is 15.2 Å². The summed E-state index contributed by atoms with van der Waals surface area (Å²) in [7, 11) is 1.25. The Morgan fingerprint density at radius 3 is 2.35 bits per heavy atom. The number of rotatable bonds is 6. The summed E-state index contributed by atoms with van der Waals surface area (Å²) in [6, 6.07) is -1.04. The summed E-state index contributed by atoms with van der Waals surface area (Å²) in [5, 5.41) is 11.7. The third-order valence-electron chi connectivity index (χ3n) is 3.97. The zero-order chi connectivity index (χ0) is 15.2. The number of esters is 1. The van der Waals surface area contributed by atoms with Crippen molar-refractivity contribution in [2.24, 2.45) is 5.41 Å². The first kappa shape index (κ1) is 16.5. The van der Waals surface area contributed by atoms with E-state index in [-0.39, 0.29) is 18.7 Å². The highest BCUT2D eigenvalue weighted by molar-refractivity contribution is 5.87. The molecular formula is C14H23NO5. The van der Waals surface area contributed by atoms with Crippen LogP contribution in [0.4, 0.5) is 0 Å². The van der Waals surface area contributed by atoms with Gasteiger partial charge >= 0.3 is 11.9 Å². The van der Waals surface area contributed by atoms with Gasteiger partial charge in [-0.2, -0.15) is 0 Å². The zero-order valence-electron chi connectivity index (χ0n) is 12.1. The van der Waals surface area contributed by atoms with Crippen LogP contribution >= 0.6 is 0 Å². The van der Waals surface area contributed by atoms with Gasteiger partial charge in [0.15, 0.2) is 0 Å². The first-order chi connectivity index (χ1) is 9.39. The van der Waals surface area contributed by atoms with Crippen LogP contribution in [0, 0.1) is 5.41 Å². The lowest BCUT2D eigenvalue weighted by atomic mass is 9.75. The molecule has 1 aliphatic rings. The van der Waals surface area contributed by atoms with Crippen molar-refractivity contribution in [2.75, 3.05) is 7.11 Å². The highest BCUT2D eigenvalue weighted by atomic mass is 16.5. The van der Waals surface area contributed by atoms with Crippen LogP contribution in [-0.4, -0.2) is 36.1 Å². The Hall–Kier alpha value is -1.59. The highest BCUT2D eigenvalue weighted by Gasteiger charge is 2.36. The van der Waals surface area contributed by atoms with Gasteiger partial charge in [0.2, 0.25) is 5.91 Å². The third kappa shape index (κ3) is 4.51. The molecule has 0 aromatic heterocycles. The van der Waals surface area contributed by atoms with Gasteiger partial charge in [-0.3, -0.25) is 9.59 Å². The van der Waals surface area contributed by atoms with Gasteiger partial charge in [0.05, 0.1) is 7.11 Å². The topological polar surface area (TPSA) is 92.7 Å². The number of ether oxygens (including phenoxy) is 1. The summed E-state index contributed by atoms with van der Waals surface area (Å²) in [4.78, 5) is 34.5. The standard InChI is InChI=1S/C14H23NO5/c1-14(8-4-3-5-9-14)13(19)15-10(12(17)18)6-7-11(16)20-2/h10H,3-9H2,1-2H3,(H,15,19)(H,17,18)/t10-/m0/s1. The minimum Gasteiger partial charge on any atom is -0.480 e. The van der Waals surface area contributed by atoms with E-state index in [0.29, 0.717) is 0 Å². The average molecular weight is 285 g/mol. The summed E-state index contributed by atoms with van der Waals surface area (Å²) in [6.07, 6.45) is 4.68. The second-order valence-corrected chi connectivity index (χ2v) is 5.60. The molecular weight excluding hydrogens is 262 g/mol. The quantitative estimate of drug-likeness (QED) is 0.721. The maximum absolute atomic E-state index is 12.3. The van der Waals surface area contributed by atoms with Crippen molar-refractivity contribution >= 4 is 17.8 Å². The fourth-order valence-corrected chi connectivity index (χ4v) is 2.51. The lowest BCUT2D eigenvalue weighted by molar-refractivity contribution is -0.146. The van der Waals surface area contributed by atoms with Gasteiger partial charge in [0.1, 0.15) is 6.04 Å². The second kappa shape index (κ2) is 7.26. The lowest BCUT2D eigenvalue weighted by Crippen LogP contribution is -2.48. The van der Waals surface area contributed by atoms with Crippen LogP contribution in [0.1, 0.15) is 51.9 Å². The number of carbonyl (C=O) groups excluding carboxylic acids is 2. The second-order valence-electron chi connectivity index (χ2n) is 5.60.